The van der Waals surface area contributed by atoms with Gasteiger partial charge in [0.05, 0.1) is 5.92 Å². The quantitative estimate of drug-likeness (QED) is 0.760. The number of carboxylic acid groups (broad SMARTS) is 2. The Balaban J connectivity index is 1.84. The van der Waals surface area contributed by atoms with Gasteiger partial charge in [0.1, 0.15) is 5.54 Å². The van der Waals surface area contributed by atoms with Crippen LogP contribution in [0.1, 0.15) is 12.0 Å². The summed E-state index contributed by atoms with van der Waals surface area (Å²) in [5, 5.41) is 18.6. The van der Waals surface area contributed by atoms with E-state index >= 15 is 0 Å². The lowest BCUT2D eigenvalue weighted by Crippen LogP contribution is -2.55. The van der Waals surface area contributed by atoms with Gasteiger partial charge in [-0.05, 0) is 30.2 Å². The summed E-state index contributed by atoms with van der Waals surface area (Å²) in [5.41, 5.74) is 5.77. The van der Waals surface area contributed by atoms with E-state index in [1.165, 1.54) is 0 Å². The number of hydrogen-bond acceptors (Lipinski definition) is 3. The standard InChI is InChI=1S/C15H17NO4/c16-15(14(19)20)9(6-8-4-2-1-3-5-8)7-10-11(12(10)15)13(17)18/h1-5,9-12H,6-7,16H2,(H,17,18)(H,19,20)/t9?,10?,11-,12?,15?/m0/s1. The van der Waals surface area contributed by atoms with Gasteiger partial charge in [-0.2, -0.15) is 0 Å². The molecule has 5 heteroatoms. The molecule has 0 radical (unpaired) electrons. The number of aliphatic carboxylic acids is 2. The Kier molecular flexibility index (Phi) is 2.83. The molecule has 1 aromatic rings. The average Bonchev–Trinajstić information content (AvgIpc) is 3.06. The van der Waals surface area contributed by atoms with Crippen LogP contribution in [0, 0.1) is 23.7 Å². The van der Waals surface area contributed by atoms with Crippen LogP contribution in [0.25, 0.3) is 0 Å². The molecule has 0 bridgehead atoms. The van der Waals surface area contributed by atoms with Gasteiger partial charge in [0.2, 0.25) is 0 Å². The predicted molar refractivity (Wildman–Crippen MR) is 70.9 cm³/mol. The van der Waals surface area contributed by atoms with Crippen molar-refractivity contribution in [3.63, 3.8) is 0 Å². The van der Waals surface area contributed by atoms with Crippen LogP contribution < -0.4 is 5.73 Å². The summed E-state index contributed by atoms with van der Waals surface area (Å²) >= 11 is 0. The van der Waals surface area contributed by atoms with Crippen LogP contribution >= 0.6 is 0 Å². The SMILES string of the molecule is NC1(C(=O)O)C(Cc2ccccc2)CC2C1[C@H]2C(=O)O. The maximum absolute atomic E-state index is 11.6. The molecule has 1 aromatic carbocycles. The van der Waals surface area contributed by atoms with Crippen molar-refractivity contribution >= 4 is 11.9 Å². The highest BCUT2D eigenvalue weighted by Crippen LogP contribution is 2.64. The fourth-order valence-corrected chi connectivity index (χ4v) is 3.92. The molecule has 106 valence electrons. The summed E-state index contributed by atoms with van der Waals surface area (Å²) < 4.78 is 0. The molecule has 3 rings (SSSR count). The van der Waals surface area contributed by atoms with Crippen LogP contribution in [0.5, 0.6) is 0 Å². The molecule has 2 saturated carbocycles. The van der Waals surface area contributed by atoms with Crippen LogP contribution in [0.3, 0.4) is 0 Å². The van der Waals surface area contributed by atoms with E-state index in [0.29, 0.717) is 12.8 Å². The zero-order valence-corrected chi connectivity index (χ0v) is 10.9. The number of fused-ring (bicyclic) bond motifs is 1. The Morgan fingerprint density at radius 3 is 2.45 bits per heavy atom. The summed E-state index contributed by atoms with van der Waals surface area (Å²) in [7, 11) is 0. The molecule has 4 unspecified atom stereocenters. The monoisotopic (exact) mass is 275 g/mol. The molecule has 0 amide bonds. The number of hydrogen-bond donors (Lipinski definition) is 3. The van der Waals surface area contributed by atoms with Gasteiger partial charge < -0.3 is 15.9 Å². The molecule has 0 heterocycles. The van der Waals surface area contributed by atoms with Crippen LogP contribution in [0.4, 0.5) is 0 Å². The van der Waals surface area contributed by atoms with Crippen molar-refractivity contribution < 1.29 is 19.8 Å². The van der Waals surface area contributed by atoms with Gasteiger partial charge in [-0.15, -0.1) is 0 Å². The first-order valence-corrected chi connectivity index (χ1v) is 6.75. The van der Waals surface area contributed by atoms with E-state index in [1.807, 2.05) is 30.3 Å². The molecule has 2 aliphatic carbocycles. The normalized spacial score (nSPS) is 38.2. The number of carbonyl (C=O) groups is 2. The maximum Gasteiger partial charge on any atom is 0.324 e. The van der Waals surface area contributed by atoms with Gasteiger partial charge in [0, 0.05) is 5.92 Å². The number of nitrogens with two attached hydrogens (primary N) is 1. The molecule has 0 saturated heterocycles. The van der Waals surface area contributed by atoms with Crippen LogP contribution in [-0.4, -0.2) is 27.7 Å². The van der Waals surface area contributed by atoms with Crippen molar-refractivity contribution in [3.05, 3.63) is 35.9 Å². The predicted octanol–water partition coefficient (Wildman–Crippen LogP) is 0.978. The topological polar surface area (TPSA) is 101 Å². The summed E-state index contributed by atoms with van der Waals surface area (Å²) in [6.07, 6.45) is 1.17. The highest BCUT2D eigenvalue weighted by molar-refractivity contribution is 5.85. The number of benzene rings is 1. The minimum atomic E-state index is -1.41. The second kappa shape index (κ2) is 4.31. The van der Waals surface area contributed by atoms with E-state index in [2.05, 4.69) is 0 Å². The second-order valence-electron chi connectivity index (χ2n) is 5.91. The van der Waals surface area contributed by atoms with Gasteiger partial charge in [0.25, 0.3) is 0 Å². The summed E-state index contributed by atoms with van der Waals surface area (Å²) in [6.45, 7) is 0. The van der Waals surface area contributed by atoms with E-state index < -0.39 is 29.3 Å². The van der Waals surface area contributed by atoms with Gasteiger partial charge in [0.15, 0.2) is 0 Å². The van der Waals surface area contributed by atoms with E-state index in [-0.39, 0.29) is 11.8 Å². The lowest BCUT2D eigenvalue weighted by molar-refractivity contribution is -0.147. The first kappa shape index (κ1) is 13.1. The molecule has 0 aromatic heterocycles. The molecular formula is C15H17NO4. The first-order valence-electron chi connectivity index (χ1n) is 6.75. The van der Waals surface area contributed by atoms with Gasteiger partial charge in [-0.1, -0.05) is 30.3 Å². The Morgan fingerprint density at radius 1 is 1.25 bits per heavy atom. The van der Waals surface area contributed by atoms with E-state index in [4.69, 9.17) is 10.8 Å². The third-order valence-corrected chi connectivity index (χ3v) is 4.93. The zero-order chi connectivity index (χ0) is 14.5. The number of rotatable bonds is 4. The fourth-order valence-electron chi connectivity index (χ4n) is 3.92. The third-order valence-electron chi connectivity index (χ3n) is 4.93. The molecule has 2 aliphatic rings. The molecule has 5 atom stereocenters. The van der Waals surface area contributed by atoms with Crippen LogP contribution in [0.15, 0.2) is 30.3 Å². The Morgan fingerprint density at radius 2 is 1.90 bits per heavy atom. The van der Waals surface area contributed by atoms with E-state index in [9.17, 15) is 14.7 Å². The van der Waals surface area contributed by atoms with Gasteiger partial charge >= 0.3 is 11.9 Å². The first-order chi connectivity index (χ1) is 9.46. The largest absolute Gasteiger partial charge is 0.481 e. The third kappa shape index (κ3) is 1.73. The molecule has 0 spiro atoms. The smallest absolute Gasteiger partial charge is 0.324 e. The van der Waals surface area contributed by atoms with Crippen molar-refractivity contribution in [2.75, 3.05) is 0 Å². The van der Waals surface area contributed by atoms with Crippen molar-refractivity contribution in [1.29, 1.82) is 0 Å². The van der Waals surface area contributed by atoms with Gasteiger partial charge in [-0.3, -0.25) is 9.59 Å². The molecule has 0 aliphatic heterocycles. The van der Waals surface area contributed by atoms with Crippen LogP contribution in [-0.2, 0) is 16.0 Å². The Labute approximate surface area is 116 Å². The van der Waals surface area contributed by atoms with Crippen LogP contribution in [0.2, 0.25) is 0 Å². The average molecular weight is 275 g/mol. The lowest BCUT2D eigenvalue weighted by atomic mass is 9.78. The lowest BCUT2D eigenvalue weighted by Gasteiger charge is -2.30. The molecule has 2 fully saturated rings. The van der Waals surface area contributed by atoms with Crippen molar-refractivity contribution in [1.82, 2.24) is 0 Å². The van der Waals surface area contributed by atoms with Gasteiger partial charge in [-0.25, -0.2) is 0 Å². The fraction of sp³-hybridized carbons (Fsp3) is 0.467. The molecular weight excluding hydrogens is 258 g/mol. The second-order valence-corrected chi connectivity index (χ2v) is 5.91. The van der Waals surface area contributed by atoms with E-state index in [1.54, 1.807) is 0 Å². The highest BCUT2D eigenvalue weighted by atomic mass is 16.4. The minimum absolute atomic E-state index is 0.0812. The Hall–Kier alpha value is -1.88. The summed E-state index contributed by atoms with van der Waals surface area (Å²) in [5.74, 6) is -3.28. The van der Waals surface area contributed by atoms with Crippen molar-refractivity contribution in [2.24, 2.45) is 29.4 Å². The molecule has 20 heavy (non-hydrogen) atoms. The number of carboxylic acids is 2. The zero-order valence-electron chi connectivity index (χ0n) is 10.9. The molecule has 5 nitrogen and oxygen atoms in total. The minimum Gasteiger partial charge on any atom is -0.481 e. The summed E-state index contributed by atoms with van der Waals surface area (Å²) in [4.78, 5) is 22.7. The highest BCUT2D eigenvalue weighted by Gasteiger charge is 2.73. The maximum atomic E-state index is 11.6. The Bertz CT molecular complexity index is 558. The van der Waals surface area contributed by atoms with Crippen molar-refractivity contribution in [3.8, 4) is 0 Å². The summed E-state index contributed by atoms with van der Waals surface area (Å²) in [6, 6.07) is 9.61. The molecule has 4 N–H and O–H groups in total. The van der Waals surface area contributed by atoms with Crippen molar-refractivity contribution in [2.45, 2.75) is 18.4 Å². The van der Waals surface area contributed by atoms with E-state index in [0.717, 1.165) is 5.56 Å².